The molecule has 0 spiro atoms. The number of hydrogen-bond acceptors (Lipinski definition) is 6. The van der Waals surface area contributed by atoms with Gasteiger partial charge in [-0.15, -0.1) is 0 Å². The number of allylic oxidation sites excluding steroid dienone is 6. The van der Waals surface area contributed by atoms with Crippen LogP contribution in [0, 0.1) is 49.4 Å². The molecule has 7 nitrogen and oxygen atoms in total. The Bertz CT molecular complexity index is 370. The third-order valence-electron chi connectivity index (χ3n) is 1.24. The first-order valence-corrected chi connectivity index (χ1v) is 6.02. The summed E-state index contributed by atoms with van der Waals surface area (Å²) in [6, 6.07) is 0. The van der Waals surface area contributed by atoms with E-state index in [9.17, 15) is 14.4 Å². The van der Waals surface area contributed by atoms with E-state index < -0.39 is 0 Å². The van der Waals surface area contributed by atoms with Crippen molar-refractivity contribution in [2.45, 2.75) is 41.5 Å². The van der Waals surface area contributed by atoms with E-state index in [-0.39, 0.29) is 89.5 Å². The molecule has 8 heteroatoms. The summed E-state index contributed by atoms with van der Waals surface area (Å²) in [6.07, 6.45) is 3.50. The maximum absolute atomic E-state index is 10.0. The third kappa shape index (κ3) is 62.3. The van der Waals surface area contributed by atoms with Crippen molar-refractivity contribution in [3.8, 4) is 0 Å². The van der Waals surface area contributed by atoms with Gasteiger partial charge in [0.15, 0.2) is 17.3 Å². The number of ketones is 3. The van der Waals surface area contributed by atoms with Gasteiger partial charge < -0.3 is 20.8 Å². The van der Waals surface area contributed by atoms with E-state index in [1.54, 1.807) is 0 Å². The van der Waals surface area contributed by atoms with Gasteiger partial charge in [-0.1, -0.05) is 0 Å². The van der Waals surface area contributed by atoms with Crippen molar-refractivity contribution >= 4 is 17.3 Å². The normalized spacial score (nSPS) is 10.4. The van der Waals surface area contributed by atoms with Crippen molar-refractivity contribution in [2.24, 2.45) is 0 Å². The zero-order valence-electron chi connectivity index (χ0n) is 14.2. The van der Waals surface area contributed by atoms with Gasteiger partial charge in [0, 0.05) is 67.6 Å². The third-order valence-corrected chi connectivity index (χ3v) is 1.24. The molecule has 0 amide bonds. The largest absolute Gasteiger partial charge is 0.512 e. The average Bonchev–Trinajstić information content (AvgIpc) is 2.10. The molecule has 0 rings (SSSR count). The fraction of sp³-hybridized carbons (Fsp3) is 0.400. The van der Waals surface area contributed by atoms with Gasteiger partial charge in [0.2, 0.25) is 0 Å². The zero-order chi connectivity index (χ0) is 17.6. The fourth-order valence-electron chi connectivity index (χ4n) is 0.882. The predicted molar refractivity (Wildman–Crippen MR) is 84.8 cm³/mol. The first-order valence-electron chi connectivity index (χ1n) is 6.02. The number of hydrogen-bond donors (Lipinski definition) is 3. The average molecular weight is 470 g/mol. The van der Waals surface area contributed by atoms with Crippen LogP contribution < -0.4 is 0 Å². The molecule has 1 radical (unpaired) electrons. The minimum absolute atomic E-state index is 0. The molecule has 23 heavy (non-hydrogen) atoms. The van der Waals surface area contributed by atoms with Crippen LogP contribution in [0.5, 0.6) is 0 Å². The molecule has 0 aromatic heterocycles. The zero-order valence-corrected chi connectivity index (χ0v) is 16.6. The predicted octanol–water partition coefficient (Wildman–Crippen LogP) is 2.29. The molecule has 0 aromatic rings. The van der Waals surface area contributed by atoms with Crippen LogP contribution in [0.15, 0.2) is 35.5 Å². The quantitative estimate of drug-likeness (QED) is 0.427. The molecular weight excluding hydrogens is 444 g/mol. The Hall–Kier alpha value is -0.826. The minimum atomic E-state index is -0.125. The number of rotatable bonds is 3. The Morgan fingerprint density at radius 1 is 0.565 bits per heavy atom. The van der Waals surface area contributed by atoms with Gasteiger partial charge in [0.05, 0.1) is 17.3 Å². The van der Waals surface area contributed by atoms with Crippen LogP contribution in [0.25, 0.3) is 0 Å². The molecule has 0 aliphatic heterocycles. The monoisotopic (exact) mass is 471 g/mol. The Morgan fingerprint density at radius 2 is 0.696 bits per heavy atom. The van der Waals surface area contributed by atoms with Crippen molar-refractivity contribution in [2.75, 3.05) is 0 Å². The summed E-state index contributed by atoms with van der Waals surface area (Å²) >= 11 is 0. The summed E-state index contributed by atoms with van der Waals surface area (Å²) in [5.74, 6) is -0.187. The number of aliphatic hydroxyl groups excluding tert-OH is 3. The molecule has 0 aliphatic carbocycles. The number of carbonyl (C=O) groups is 3. The van der Waals surface area contributed by atoms with Crippen molar-refractivity contribution in [1.29, 1.82) is 0 Å². The molecule has 0 atom stereocenters. The Kier molecular flexibility index (Phi) is 31.0. The molecule has 0 aliphatic rings. The van der Waals surface area contributed by atoms with E-state index in [4.69, 9.17) is 15.3 Å². The summed E-state index contributed by atoms with van der Waals surface area (Å²) < 4.78 is 0. The maximum Gasteiger partial charge on any atom is 0.155 e. The van der Waals surface area contributed by atoms with Gasteiger partial charge >= 0.3 is 0 Å². The summed E-state index contributed by atoms with van der Waals surface area (Å²) in [5.41, 5.74) is 0. The van der Waals surface area contributed by atoms with Crippen molar-refractivity contribution < 1.29 is 84.6 Å². The first kappa shape index (κ1) is 33.7. The molecule has 5 N–H and O–H groups in total. The van der Waals surface area contributed by atoms with E-state index in [1.807, 2.05) is 0 Å². The second kappa shape index (κ2) is 21.2. The standard InChI is InChI=1S/3C5H8O2.Eu.H2O/c3*1-4(6)3-5(2)7;;/h3*3,6H,1-2H3;;1H2/b2*4-3+;4-3-;;. The van der Waals surface area contributed by atoms with Crippen LogP contribution in [0.1, 0.15) is 41.5 Å². The summed E-state index contributed by atoms with van der Waals surface area (Å²) in [5, 5.41) is 25.1. The van der Waals surface area contributed by atoms with Crippen molar-refractivity contribution in [3.63, 3.8) is 0 Å². The summed E-state index contributed by atoms with van der Waals surface area (Å²) in [7, 11) is 0. The van der Waals surface area contributed by atoms with Crippen molar-refractivity contribution in [1.82, 2.24) is 0 Å². The van der Waals surface area contributed by atoms with Gasteiger partial charge in [0.1, 0.15) is 0 Å². The smallest absolute Gasteiger partial charge is 0.155 e. The van der Waals surface area contributed by atoms with Gasteiger partial charge in [-0.25, -0.2) is 0 Å². The first-order chi connectivity index (χ1) is 9.38. The molecule has 0 unspecified atom stereocenters. The summed E-state index contributed by atoms with van der Waals surface area (Å²) in [6.45, 7) is 8.54. The van der Waals surface area contributed by atoms with Crippen molar-refractivity contribution in [3.05, 3.63) is 35.5 Å². The van der Waals surface area contributed by atoms with Crippen LogP contribution in [0.4, 0.5) is 0 Å². The molecule has 0 saturated carbocycles. The second-order valence-electron chi connectivity index (χ2n) is 4.19. The molecule has 0 fully saturated rings. The van der Waals surface area contributed by atoms with Crippen LogP contribution in [-0.2, 0) is 14.4 Å². The second-order valence-corrected chi connectivity index (χ2v) is 4.19. The number of carbonyl (C=O) groups excluding carboxylic acids is 3. The molecular formula is C15H26EuO7. The van der Waals surface area contributed by atoms with E-state index in [1.165, 1.54) is 59.8 Å². The molecule has 0 aromatic carbocycles. The van der Waals surface area contributed by atoms with E-state index in [0.717, 1.165) is 0 Å². The van der Waals surface area contributed by atoms with E-state index in [2.05, 4.69) is 0 Å². The van der Waals surface area contributed by atoms with Crippen LogP contribution in [-0.4, -0.2) is 38.1 Å². The minimum Gasteiger partial charge on any atom is -0.512 e. The van der Waals surface area contributed by atoms with Crippen LogP contribution in [0.3, 0.4) is 0 Å². The van der Waals surface area contributed by atoms with Crippen LogP contribution in [0.2, 0.25) is 0 Å². The Morgan fingerprint density at radius 3 is 0.696 bits per heavy atom. The molecule has 0 saturated heterocycles. The topological polar surface area (TPSA) is 143 Å². The van der Waals surface area contributed by atoms with Gasteiger partial charge in [-0.2, -0.15) is 0 Å². The maximum atomic E-state index is 10.0. The van der Waals surface area contributed by atoms with E-state index in [0.29, 0.717) is 0 Å². The fourth-order valence-corrected chi connectivity index (χ4v) is 0.882. The van der Waals surface area contributed by atoms with Gasteiger partial charge in [-0.05, 0) is 41.5 Å². The van der Waals surface area contributed by atoms with E-state index >= 15 is 0 Å². The Labute approximate surface area is 177 Å². The van der Waals surface area contributed by atoms with Gasteiger partial charge in [0.25, 0.3) is 0 Å². The molecule has 0 bridgehead atoms. The van der Waals surface area contributed by atoms with Gasteiger partial charge in [-0.3, -0.25) is 14.4 Å². The molecule has 135 valence electrons. The van der Waals surface area contributed by atoms with Crippen LogP contribution >= 0.6 is 0 Å². The molecule has 0 heterocycles. The number of aliphatic hydroxyl groups is 3. The SMILES string of the molecule is CC(=O)/C=C(/C)O.CC(=O)/C=C(\C)O.CC(=O)/C=C(\C)O.O.[Eu]. The Balaban J connectivity index is -0.0000000675. The summed E-state index contributed by atoms with van der Waals surface area (Å²) in [4.78, 5) is 30.1.